The van der Waals surface area contributed by atoms with Gasteiger partial charge in [-0.15, -0.1) is 0 Å². The lowest BCUT2D eigenvalue weighted by atomic mass is 10.3. The Morgan fingerprint density at radius 1 is 1.07 bits per heavy atom. The van der Waals surface area contributed by atoms with Crippen molar-refractivity contribution >= 4 is 28.3 Å². The second kappa shape index (κ2) is 7.77. The number of fused-ring (bicyclic) bond motifs is 1. The minimum absolute atomic E-state index is 0.0429. The number of imidazole rings is 1. The van der Waals surface area contributed by atoms with Crippen molar-refractivity contribution in [1.29, 1.82) is 0 Å². The first-order valence-corrected chi connectivity index (χ1v) is 8.66. The highest BCUT2D eigenvalue weighted by Crippen LogP contribution is 2.19. The predicted octanol–water partition coefficient (Wildman–Crippen LogP) is 3.35. The summed E-state index contributed by atoms with van der Waals surface area (Å²) in [4.78, 5) is 30.9. The van der Waals surface area contributed by atoms with Crippen LogP contribution in [-0.4, -0.2) is 32.0 Å². The fourth-order valence-corrected chi connectivity index (χ4v) is 2.75. The van der Waals surface area contributed by atoms with Crippen molar-refractivity contribution in [2.24, 2.45) is 0 Å². The third kappa shape index (κ3) is 4.03. The van der Waals surface area contributed by atoms with Crippen LogP contribution in [0.2, 0.25) is 0 Å². The lowest BCUT2D eigenvalue weighted by Crippen LogP contribution is -2.20. The average Bonchev–Trinajstić information content (AvgIpc) is 3.17. The quantitative estimate of drug-likeness (QED) is 0.400. The number of ether oxygens (including phenoxy) is 1. The summed E-state index contributed by atoms with van der Waals surface area (Å²) in [6, 6.07) is 16.8. The molecule has 0 unspecified atom stereocenters. The number of hydrogen-bond acceptors (Lipinski definition) is 6. The van der Waals surface area contributed by atoms with E-state index in [9.17, 15) is 14.9 Å². The van der Waals surface area contributed by atoms with E-state index < -0.39 is 4.92 Å². The molecule has 9 nitrogen and oxygen atoms in total. The number of hydrogen-bond donors (Lipinski definition) is 1. The molecular weight excluding hydrogens is 374 g/mol. The molecule has 29 heavy (non-hydrogen) atoms. The van der Waals surface area contributed by atoms with E-state index in [1.54, 1.807) is 24.7 Å². The molecule has 0 aliphatic carbocycles. The van der Waals surface area contributed by atoms with Gasteiger partial charge in [-0.3, -0.25) is 19.5 Å². The molecule has 2 heterocycles. The van der Waals surface area contributed by atoms with Crippen LogP contribution in [0, 0.1) is 10.1 Å². The number of rotatable bonds is 6. The largest absolute Gasteiger partial charge is 0.484 e. The Balaban J connectivity index is 1.37. The van der Waals surface area contributed by atoms with E-state index >= 15 is 0 Å². The number of benzene rings is 2. The molecule has 0 saturated carbocycles. The number of nitro benzene ring substituents is 1. The van der Waals surface area contributed by atoms with E-state index in [4.69, 9.17) is 4.74 Å². The van der Waals surface area contributed by atoms with Crippen LogP contribution < -0.4 is 10.1 Å². The van der Waals surface area contributed by atoms with Gasteiger partial charge in [0.15, 0.2) is 6.61 Å². The standard InChI is InChI=1S/C20H15N5O4/c26-20(12-29-16-8-6-15(7-9-16)25(27)28)23-14-5-10-19(21-11-14)24-13-22-17-3-1-2-4-18(17)24/h1-11,13H,12H2,(H,23,26). The molecule has 0 radical (unpaired) electrons. The van der Waals surface area contributed by atoms with Crippen molar-refractivity contribution in [2.45, 2.75) is 0 Å². The third-order valence-electron chi connectivity index (χ3n) is 4.15. The summed E-state index contributed by atoms with van der Waals surface area (Å²) in [5.41, 5.74) is 2.29. The van der Waals surface area contributed by atoms with Gasteiger partial charge in [0, 0.05) is 12.1 Å². The number of nitrogens with zero attached hydrogens (tertiary/aromatic N) is 4. The molecule has 2 aromatic carbocycles. The third-order valence-corrected chi connectivity index (χ3v) is 4.15. The second-order valence-electron chi connectivity index (χ2n) is 6.10. The predicted molar refractivity (Wildman–Crippen MR) is 106 cm³/mol. The van der Waals surface area contributed by atoms with E-state index in [1.807, 2.05) is 28.8 Å². The Hall–Kier alpha value is -4.27. The molecule has 0 atom stereocenters. The van der Waals surface area contributed by atoms with Crippen LogP contribution in [0.1, 0.15) is 0 Å². The normalized spacial score (nSPS) is 10.6. The number of amides is 1. The van der Waals surface area contributed by atoms with Gasteiger partial charge in [-0.2, -0.15) is 0 Å². The van der Waals surface area contributed by atoms with Crippen molar-refractivity contribution in [2.75, 3.05) is 11.9 Å². The molecule has 0 bridgehead atoms. The van der Waals surface area contributed by atoms with Crippen molar-refractivity contribution in [3.05, 3.63) is 83.3 Å². The monoisotopic (exact) mass is 389 g/mol. The van der Waals surface area contributed by atoms with E-state index in [0.29, 0.717) is 17.3 Å². The summed E-state index contributed by atoms with van der Waals surface area (Å²) in [6.45, 7) is -0.230. The molecule has 4 aromatic rings. The molecule has 0 aliphatic rings. The van der Waals surface area contributed by atoms with Crippen LogP contribution in [0.25, 0.3) is 16.9 Å². The maximum Gasteiger partial charge on any atom is 0.269 e. The minimum Gasteiger partial charge on any atom is -0.484 e. The summed E-state index contributed by atoms with van der Waals surface area (Å²) in [5.74, 6) is 0.677. The number of nitro groups is 1. The van der Waals surface area contributed by atoms with Crippen LogP contribution in [0.15, 0.2) is 73.2 Å². The van der Waals surface area contributed by atoms with Crippen LogP contribution in [0.5, 0.6) is 5.75 Å². The van der Waals surface area contributed by atoms with Crippen LogP contribution in [0.4, 0.5) is 11.4 Å². The van der Waals surface area contributed by atoms with Crippen molar-refractivity contribution in [3.8, 4) is 11.6 Å². The number of non-ortho nitro benzene ring substituents is 1. The summed E-state index contributed by atoms with van der Waals surface area (Å²) >= 11 is 0. The minimum atomic E-state index is -0.500. The summed E-state index contributed by atoms with van der Waals surface area (Å²) in [7, 11) is 0. The molecular formula is C20H15N5O4. The lowest BCUT2D eigenvalue weighted by molar-refractivity contribution is -0.384. The molecule has 0 fully saturated rings. The Bertz CT molecular complexity index is 1170. The highest BCUT2D eigenvalue weighted by atomic mass is 16.6. The first-order chi connectivity index (χ1) is 14.1. The van der Waals surface area contributed by atoms with Gasteiger partial charge >= 0.3 is 0 Å². The molecule has 2 aromatic heterocycles. The SMILES string of the molecule is O=C(COc1ccc([N+](=O)[O-])cc1)Nc1ccc(-n2cnc3ccccc32)nc1. The molecule has 4 rings (SSSR count). The van der Waals surface area contributed by atoms with Gasteiger partial charge in [0.05, 0.1) is 27.8 Å². The second-order valence-corrected chi connectivity index (χ2v) is 6.10. The average molecular weight is 389 g/mol. The van der Waals surface area contributed by atoms with Crippen molar-refractivity contribution in [3.63, 3.8) is 0 Å². The molecule has 0 spiro atoms. The Labute approximate surface area is 164 Å². The molecule has 0 aliphatic heterocycles. The molecule has 144 valence electrons. The number of carbonyl (C=O) groups excluding carboxylic acids is 1. The van der Waals surface area contributed by atoms with Gasteiger partial charge < -0.3 is 10.1 Å². The molecule has 0 saturated heterocycles. The van der Waals surface area contributed by atoms with Crippen molar-refractivity contribution < 1.29 is 14.5 Å². The maximum atomic E-state index is 12.1. The van der Waals surface area contributed by atoms with Gasteiger partial charge in [0.2, 0.25) is 0 Å². The van der Waals surface area contributed by atoms with Crippen LogP contribution >= 0.6 is 0 Å². The van der Waals surface area contributed by atoms with Gasteiger partial charge in [0.1, 0.15) is 17.9 Å². The van der Waals surface area contributed by atoms with Crippen LogP contribution in [0.3, 0.4) is 0 Å². The highest BCUT2D eigenvalue weighted by molar-refractivity contribution is 5.91. The number of anilines is 1. The van der Waals surface area contributed by atoms with E-state index in [2.05, 4.69) is 15.3 Å². The summed E-state index contributed by atoms with van der Waals surface area (Å²) in [5, 5.41) is 13.3. The first kappa shape index (κ1) is 18.1. The number of nitrogens with one attached hydrogen (secondary N) is 1. The number of aromatic nitrogens is 3. The van der Waals surface area contributed by atoms with Crippen molar-refractivity contribution in [1.82, 2.24) is 14.5 Å². The maximum absolute atomic E-state index is 12.1. The topological polar surface area (TPSA) is 112 Å². The lowest BCUT2D eigenvalue weighted by Gasteiger charge is -2.08. The Morgan fingerprint density at radius 3 is 2.59 bits per heavy atom. The number of carbonyl (C=O) groups is 1. The van der Waals surface area contributed by atoms with E-state index in [1.165, 1.54) is 24.3 Å². The van der Waals surface area contributed by atoms with Gasteiger partial charge in [-0.1, -0.05) is 12.1 Å². The summed E-state index contributed by atoms with van der Waals surface area (Å²) in [6.07, 6.45) is 3.25. The highest BCUT2D eigenvalue weighted by Gasteiger charge is 2.08. The molecule has 1 N–H and O–H groups in total. The fraction of sp³-hybridized carbons (Fsp3) is 0.0500. The summed E-state index contributed by atoms with van der Waals surface area (Å²) < 4.78 is 7.20. The zero-order valence-corrected chi connectivity index (χ0v) is 15.1. The van der Waals surface area contributed by atoms with Gasteiger partial charge in [-0.05, 0) is 36.4 Å². The zero-order chi connectivity index (χ0) is 20.2. The van der Waals surface area contributed by atoms with Gasteiger partial charge in [0.25, 0.3) is 11.6 Å². The smallest absolute Gasteiger partial charge is 0.269 e. The fourth-order valence-electron chi connectivity index (χ4n) is 2.75. The Kier molecular flexibility index (Phi) is 4.85. The van der Waals surface area contributed by atoms with Crippen LogP contribution in [-0.2, 0) is 4.79 Å². The molecule has 1 amide bonds. The van der Waals surface area contributed by atoms with E-state index in [-0.39, 0.29) is 18.2 Å². The zero-order valence-electron chi connectivity index (χ0n) is 15.1. The Morgan fingerprint density at radius 2 is 1.86 bits per heavy atom. The number of pyridine rings is 1. The molecule has 9 heteroatoms. The van der Waals surface area contributed by atoms with E-state index in [0.717, 1.165) is 11.0 Å². The first-order valence-electron chi connectivity index (χ1n) is 8.66. The van der Waals surface area contributed by atoms with Gasteiger partial charge in [-0.25, -0.2) is 9.97 Å². The number of para-hydroxylation sites is 2.